The van der Waals surface area contributed by atoms with Gasteiger partial charge in [-0.05, 0) is 24.3 Å². The second-order valence-corrected chi connectivity index (χ2v) is 6.08. The largest absolute Gasteiger partial charge is 0.508 e. The minimum atomic E-state index is -1.17. The van der Waals surface area contributed by atoms with Crippen LogP contribution < -0.4 is 9.47 Å². The molecule has 0 bridgehead atoms. The Morgan fingerprint density at radius 3 is 2.58 bits per heavy atom. The monoisotopic (exact) mass is 362 g/mol. The average molecular weight is 362 g/mol. The molecule has 2 aromatic carbocycles. The predicted octanol–water partition coefficient (Wildman–Crippen LogP) is 1.28. The van der Waals surface area contributed by atoms with Crippen LogP contribution in [0.3, 0.4) is 0 Å². The fraction of sp³-hybridized carbons (Fsp3) is 0.368. The molecule has 4 N–H and O–H groups in total. The van der Waals surface area contributed by atoms with E-state index in [9.17, 15) is 20.4 Å². The van der Waals surface area contributed by atoms with Crippen LogP contribution in [0.2, 0.25) is 0 Å². The zero-order chi connectivity index (χ0) is 18.7. The van der Waals surface area contributed by atoms with E-state index >= 15 is 0 Å². The molecule has 0 radical (unpaired) electrons. The van der Waals surface area contributed by atoms with E-state index < -0.39 is 31.2 Å². The molecular weight excluding hydrogens is 340 g/mol. The molecule has 1 heterocycles. The van der Waals surface area contributed by atoms with Crippen molar-refractivity contribution in [1.82, 2.24) is 0 Å². The van der Waals surface area contributed by atoms with Crippen molar-refractivity contribution in [1.29, 1.82) is 0 Å². The van der Waals surface area contributed by atoms with Crippen LogP contribution in [0.1, 0.15) is 6.42 Å². The van der Waals surface area contributed by atoms with E-state index in [1.54, 1.807) is 24.3 Å². The van der Waals surface area contributed by atoms with Crippen molar-refractivity contribution in [3.05, 3.63) is 42.5 Å². The molecule has 1 aliphatic heterocycles. The molecule has 1 aliphatic rings. The number of benzene rings is 2. The van der Waals surface area contributed by atoms with Gasteiger partial charge in [-0.25, -0.2) is 0 Å². The second kappa shape index (κ2) is 7.92. The number of aliphatic hydroxyl groups excluding tert-OH is 3. The summed E-state index contributed by atoms with van der Waals surface area (Å²) < 4.78 is 16.8. The van der Waals surface area contributed by atoms with E-state index in [0.717, 1.165) is 0 Å². The lowest BCUT2D eigenvalue weighted by Crippen LogP contribution is -2.51. The number of methoxy groups -OCH3 is 1. The van der Waals surface area contributed by atoms with Crippen molar-refractivity contribution in [2.75, 3.05) is 13.7 Å². The lowest BCUT2D eigenvalue weighted by atomic mass is 10.0. The Hall–Kier alpha value is -2.32. The first kappa shape index (κ1) is 18.5. The normalized spacial score (nSPS) is 25.7. The van der Waals surface area contributed by atoms with Gasteiger partial charge >= 0.3 is 0 Å². The summed E-state index contributed by atoms with van der Waals surface area (Å²) in [5.74, 6) is 1.11. The van der Waals surface area contributed by atoms with Crippen LogP contribution in [-0.2, 0) is 4.74 Å². The molecule has 0 saturated carbocycles. The maximum Gasteiger partial charge on any atom is 0.202 e. The smallest absolute Gasteiger partial charge is 0.202 e. The number of hydrogen-bond acceptors (Lipinski definition) is 7. The number of phenols is 1. The van der Waals surface area contributed by atoms with Gasteiger partial charge in [0.15, 0.2) is 0 Å². The van der Waals surface area contributed by atoms with Crippen molar-refractivity contribution in [3.63, 3.8) is 0 Å². The zero-order valence-electron chi connectivity index (χ0n) is 14.3. The number of aromatic hydroxyl groups is 1. The van der Waals surface area contributed by atoms with Crippen LogP contribution in [0.4, 0.5) is 0 Å². The van der Waals surface area contributed by atoms with E-state index in [2.05, 4.69) is 0 Å². The van der Waals surface area contributed by atoms with Gasteiger partial charge in [-0.3, -0.25) is 0 Å². The Labute approximate surface area is 151 Å². The molecule has 0 amide bonds. The highest BCUT2D eigenvalue weighted by Gasteiger charge is 2.37. The molecule has 140 valence electrons. The average Bonchev–Trinajstić information content (AvgIpc) is 2.65. The molecule has 2 aromatic rings. The highest BCUT2D eigenvalue weighted by molar-refractivity contribution is 5.77. The van der Waals surface area contributed by atoms with Gasteiger partial charge in [0.2, 0.25) is 6.29 Å². The summed E-state index contributed by atoms with van der Waals surface area (Å²) in [7, 11) is 1.53. The van der Waals surface area contributed by atoms with Gasteiger partial charge in [-0.1, -0.05) is 18.2 Å². The summed E-state index contributed by atoms with van der Waals surface area (Å²) in [4.78, 5) is 0. The molecule has 0 aromatic heterocycles. The van der Waals surface area contributed by atoms with Crippen LogP contribution in [0.5, 0.6) is 17.2 Å². The molecule has 0 spiro atoms. The molecule has 3 rings (SSSR count). The molecule has 1 saturated heterocycles. The van der Waals surface area contributed by atoms with Gasteiger partial charge in [0.1, 0.15) is 29.5 Å². The molecular formula is C19H22O7. The summed E-state index contributed by atoms with van der Waals surface area (Å²) >= 11 is 0. The van der Waals surface area contributed by atoms with Crippen LogP contribution in [0.25, 0.3) is 11.1 Å². The van der Waals surface area contributed by atoms with E-state index in [1.807, 2.05) is 12.1 Å². The fourth-order valence-corrected chi connectivity index (χ4v) is 2.98. The van der Waals surface area contributed by atoms with Crippen molar-refractivity contribution >= 4 is 0 Å². The van der Waals surface area contributed by atoms with Gasteiger partial charge in [0, 0.05) is 17.5 Å². The fourth-order valence-electron chi connectivity index (χ4n) is 2.98. The Bertz CT molecular complexity index is 748. The number of aliphatic hydroxyl groups is 3. The third-order valence-electron chi connectivity index (χ3n) is 4.33. The lowest BCUT2D eigenvalue weighted by molar-refractivity contribution is -0.229. The first-order valence-corrected chi connectivity index (χ1v) is 8.29. The van der Waals surface area contributed by atoms with Crippen molar-refractivity contribution < 1.29 is 34.6 Å². The second-order valence-electron chi connectivity index (χ2n) is 6.08. The van der Waals surface area contributed by atoms with Crippen molar-refractivity contribution in [2.45, 2.75) is 31.0 Å². The highest BCUT2D eigenvalue weighted by atomic mass is 16.7. The van der Waals surface area contributed by atoms with Crippen LogP contribution in [0, 0.1) is 0 Å². The Morgan fingerprint density at radius 1 is 1.08 bits per heavy atom. The molecule has 4 unspecified atom stereocenters. The summed E-state index contributed by atoms with van der Waals surface area (Å²) in [5.41, 5.74) is 1.31. The number of para-hydroxylation sites is 1. The summed E-state index contributed by atoms with van der Waals surface area (Å²) in [6.07, 6.45) is -3.93. The standard InChI is InChI=1S/C19H22O7/c1-24-15-7-6-11(21)8-13(15)12-4-2-3-5-16(12)25-18-9-14(22)19(23)17(10-20)26-18/h2-8,14,17-23H,9-10H2,1H3. The minimum absolute atomic E-state index is 0.0587. The molecule has 1 fully saturated rings. The van der Waals surface area contributed by atoms with E-state index in [-0.39, 0.29) is 12.2 Å². The summed E-state index contributed by atoms with van der Waals surface area (Å²) in [6.45, 7) is -0.430. The Morgan fingerprint density at radius 2 is 1.85 bits per heavy atom. The highest BCUT2D eigenvalue weighted by Crippen LogP contribution is 2.39. The quantitative estimate of drug-likeness (QED) is 0.634. The molecule has 0 aliphatic carbocycles. The predicted molar refractivity (Wildman–Crippen MR) is 93.1 cm³/mol. The molecule has 4 atom stereocenters. The third-order valence-corrected chi connectivity index (χ3v) is 4.33. The molecule has 7 nitrogen and oxygen atoms in total. The molecule has 7 heteroatoms. The van der Waals surface area contributed by atoms with Gasteiger partial charge in [0.05, 0.1) is 19.8 Å². The van der Waals surface area contributed by atoms with Gasteiger partial charge in [-0.15, -0.1) is 0 Å². The maximum absolute atomic E-state index is 9.96. The summed E-state index contributed by atoms with van der Waals surface area (Å²) in [6, 6.07) is 11.9. The van der Waals surface area contributed by atoms with Gasteiger partial charge in [0.25, 0.3) is 0 Å². The number of rotatable bonds is 5. The van der Waals surface area contributed by atoms with Crippen LogP contribution >= 0.6 is 0 Å². The van der Waals surface area contributed by atoms with Crippen LogP contribution in [-0.4, -0.2) is 58.7 Å². The topological polar surface area (TPSA) is 109 Å². The van der Waals surface area contributed by atoms with E-state index in [4.69, 9.17) is 14.2 Å². The first-order chi connectivity index (χ1) is 12.5. The zero-order valence-corrected chi connectivity index (χ0v) is 14.3. The lowest BCUT2D eigenvalue weighted by Gasteiger charge is -2.36. The number of hydrogen-bond donors (Lipinski definition) is 4. The molecule has 26 heavy (non-hydrogen) atoms. The van der Waals surface area contributed by atoms with Crippen molar-refractivity contribution in [2.24, 2.45) is 0 Å². The minimum Gasteiger partial charge on any atom is -0.508 e. The first-order valence-electron chi connectivity index (χ1n) is 8.29. The Kier molecular flexibility index (Phi) is 5.63. The SMILES string of the molecule is COc1ccc(O)cc1-c1ccccc1OC1CC(O)C(O)C(CO)O1. The van der Waals surface area contributed by atoms with Gasteiger partial charge in [-0.2, -0.15) is 0 Å². The summed E-state index contributed by atoms with van der Waals surface area (Å²) in [5, 5.41) is 38.9. The van der Waals surface area contributed by atoms with Crippen LogP contribution in [0.15, 0.2) is 42.5 Å². The number of phenolic OH excluding ortho intramolecular Hbond substituents is 1. The number of ether oxygens (including phenoxy) is 3. The maximum atomic E-state index is 9.96. The third kappa shape index (κ3) is 3.76. The van der Waals surface area contributed by atoms with E-state index in [1.165, 1.54) is 13.2 Å². The van der Waals surface area contributed by atoms with E-state index in [0.29, 0.717) is 22.6 Å². The van der Waals surface area contributed by atoms with Crippen molar-refractivity contribution in [3.8, 4) is 28.4 Å². The Balaban J connectivity index is 1.90. The van der Waals surface area contributed by atoms with Gasteiger partial charge < -0.3 is 34.6 Å².